The minimum Gasteiger partial charge on any atom is -0.462 e. The number of hydrogen-bond donors (Lipinski definition) is 1. The van der Waals surface area contributed by atoms with Crippen molar-refractivity contribution in [3.63, 3.8) is 0 Å². The molecule has 3 nitrogen and oxygen atoms in total. The van der Waals surface area contributed by atoms with Crippen LogP contribution in [0.15, 0.2) is 29.2 Å². The average Bonchev–Trinajstić information content (AvgIpc) is 2.39. The Morgan fingerprint density at radius 3 is 2.56 bits per heavy atom. The van der Waals surface area contributed by atoms with E-state index in [2.05, 4.69) is 0 Å². The summed E-state index contributed by atoms with van der Waals surface area (Å²) in [5.41, 5.74) is 6.35. The molecule has 0 bridgehead atoms. The molecule has 0 heterocycles. The number of carbonyl (C=O) groups is 1. The Bertz CT molecular complexity index is 385. The normalized spacial score (nSPS) is 16.4. The SMILES string of the molecule is Nc1ccc(SCC(=O)OC2CCCCC2)cc1. The average molecular weight is 265 g/mol. The third-order valence-electron chi connectivity index (χ3n) is 3.09. The van der Waals surface area contributed by atoms with Crippen molar-refractivity contribution in [3.05, 3.63) is 24.3 Å². The van der Waals surface area contributed by atoms with Crippen LogP contribution in [0.5, 0.6) is 0 Å². The van der Waals surface area contributed by atoms with E-state index in [0.29, 0.717) is 5.75 Å². The molecule has 0 amide bonds. The summed E-state index contributed by atoms with van der Waals surface area (Å²) >= 11 is 1.50. The van der Waals surface area contributed by atoms with E-state index in [4.69, 9.17) is 10.5 Å². The second-order valence-electron chi connectivity index (χ2n) is 4.61. The highest BCUT2D eigenvalue weighted by molar-refractivity contribution is 8.00. The fraction of sp³-hybridized carbons (Fsp3) is 0.500. The van der Waals surface area contributed by atoms with Gasteiger partial charge in [-0.15, -0.1) is 11.8 Å². The van der Waals surface area contributed by atoms with E-state index in [1.807, 2.05) is 24.3 Å². The first-order valence-electron chi connectivity index (χ1n) is 6.42. The molecule has 0 radical (unpaired) electrons. The zero-order valence-electron chi connectivity index (χ0n) is 10.4. The quantitative estimate of drug-likeness (QED) is 0.516. The third-order valence-corrected chi connectivity index (χ3v) is 4.07. The van der Waals surface area contributed by atoms with Crippen LogP contribution in [0.4, 0.5) is 5.69 Å². The molecule has 0 spiro atoms. The predicted molar refractivity (Wildman–Crippen MR) is 74.5 cm³/mol. The second-order valence-corrected chi connectivity index (χ2v) is 5.66. The number of ether oxygens (including phenoxy) is 1. The van der Waals surface area contributed by atoms with Crippen molar-refractivity contribution in [1.29, 1.82) is 0 Å². The van der Waals surface area contributed by atoms with Gasteiger partial charge in [0.1, 0.15) is 6.10 Å². The van der Waals surface area contributed by atoms with Crippen molar-refractivity contribution < 1.29 is 9.53 Å². The smallest absolute Gasteiger partial charge is 0.316 e. The fourth-order valence-corrected chi connectivity index (χ4v) is 2.79. The second kappa shape index (κ2) is 6.69. The number of carbonyl (C=O) groups excluding carboxylic acids is 1. The van der Waals surface area contributed by atoms with E-state index < -0.39 is 0 Å². The predicted octanol–water partition coefficient (Wildman–Crippen LogP) is 3.24. The van der Waals surface area contributed by atoms with Crippen LogP contribution in [0, 0.1) is 0 Å². The number of hydrogen-bond acceptors (Lipinski definition) is 4. The highest BCUT2D eigenvalue weighted by Crippen LogP contribution is 2.22. The van der Waals surface area contributed by atoms with Gasteiger partial charge in [-0.05, 0) is 49.9 Å². The number of rotatable bonds is 4. The van der Waals surface area contributed by atoms with Gasteiger partial charge in [-0.1, -0.05) is 6.42 Å². The van der Waals surface area contributed by atoms with Gasteiger partial charge in [0.05, 0.1) is 5.75 Å². The molecule has 0 unspecified atom stereocenters. The molecule has 0 aliphatic heterocycles. The molecule has 2 N–H and O–H groups in total. The fourth-order valence-electron chi connectivity index (χ4n) is 2.11. The molecular formula is C14H19NO2S. The molecule has 0 atom stereocenters. The van der Waals surface area contributed by atoms with Crippen LogP contribution >= 0.6 is 11.8 Å². The standard InChI is InChI=1S/C14H19NO2S/c15-11-6-8-13(9-7-11)18-10-14(16)17-12-4-2-1-3-5-12/h6-9,12H,1-5,10,15H2. The number of nitrogen functional groups attached to an aromatic ring is 1. The summed E-state index contributed by atoms with van der Waals surface area (Å²) in [5.74, 6) is 0.268. The van der Waals surface area contributed by atoms with Gasteiger partial charge in [-0.2, -0.15) is 0 Å². The van der Waals surface area contributed by atoms with E-state index in [-0.39, 0.29) is 12.1 Å². The Balaban J connectivity index is 1.72. The zero-order chi connectivity index (χ0) is 12.8. The van der Waals surface area contributed by atoms with Gasteiger partial charge in [0.2, 0.25) is 0 Å². The van der Waals surface area contributed by atoms with Crippen LogP contribution < -0.4 is 5.73 Å². The van der Waals surface area contributed by atoms with Gasteiger partial charge in [0, 0.05) is 10.6 Å². The lowest BCUT2D eigenvalue weighted by Gasteiger charge is -2.21. The van der Waals surface area contributed by atoms with E-state index in [0.717, 1.165) is 23.4 Å². The minimum absolute atomic E-state index is 0.108. The lowest BCUT2D eigenvalue weighted by Crippen LogP contribution is -2.21. The molecule has 1 saturated carbocycles. The van der Waals surface area contributed by atoms with Gasteiger partial charge in [-0.3, -0.25) is 4.79 Å². The summed E-state index contributed by atoms with van der Waals surface area (Å²) in [6.45, 7) is 0. The summed E-state index contributed by atoms with van der Waals surface area (Å²) in [6, 6.07) is 7.53. The Hall–Kier alpha value is -1.16. The molecule has 4 heteroatoms. The van der Waals surface area contributed by atoms with Crippen LogP contribution in [0.25, 0.3) is 0 Å². The van der Waals surface area contributed by atoms with Crippen molar-refractivity contribution in [1.82, 2.24) is 0 Å². The van der Waals surface area contributed by atoms with Crippen molar-refractivity contribution in [2.75, 3.05) is 11.5 Å². The first-order valence-corrected chi connectivity index (χ1v) is 7.40. The number of thioether (sulfide) groups is 1. The maximum atomic E-state index is 11.7. The first-order chi connectivity index (χ1) is 8.74. The molecule has 0 aromatic heterocycles. The Morgan fingerprint density at radius 2 is 1.89 bits per heavy atom. The van der Waals surface area contributed by atoms with Gasteiger partial charge in [0.25, 0.3) is 0 Å². The molecule has 98 valence electrons. The maximum Gasteiger partial charge on any atom is 0.316 e. The van der Waals surface area contributed by atoms with Gasteiger partial charge >= 0.3 is 5.97 Å². The monoisotopic (exact) mass is 265 g/mol. The number of anilines is 1. The zero-order valence-corrected chi connectivity index (χ0v) is 11.2. The van der Waals surface area contributed by atoms with Crippen LogP contribution in [-0.2, 0) is 9.53 Å². The van der Waals surface area contributed by atoms with Crippen LogP contribution in [0.3, 0.4) is 0 Å². The van der Waals surface area contributed by atoms with Crippen molar-refractivity contribution in [3.8, 4) is 0 Å². The summed E-state index contributed by atoms with van der Waals surface area (Å²) in [6.07, 6.45) is 5.84. The number of esters is 1. The van der Waals surface area contributed by atoms with Crippen LogP contribution in [0.1, 0.15) is 32.1 Å². The van der Waals surface area contributed by atoms with Gasteiger partial charge < -0.3 is 10.5 Å². The molecule has 0 saturated heterocycles. The Labute approximate surface area is 112 Å². The number of nitrogens with two attached hydrogens (primary N) is 1. The molecule has 1 aromatic carbocycles. The number of benzene rings is 1. The van der Waals surface area contributed by atoms with E-state index in [1.165, 1.54) is 31.0 Å². The minimum atomic E-state index is -0.108. The molecule has 1 aliphatic rings. The lowest BCUT2D eigenvalue weighted by atomic mass is 9.98. The summed E-state index contributed by atoms with van der Waals surface area (Å²) in [7, 11) is 0. The van der Waals surface area contributed by atoms with Gasteiger partial charge in [-0.25, -0.2) is 0 Å². The molecule has 1 aliphatic carbocycles. The van der Waals surface area contributed by atoms with Crippen molar-refractivity contribution in [2.45, 2.75) is 43.1 Å². The largest absolute Gasteiger partial charge is 0.462 e. The molecule has 2 rings (SSSR count). The first kappa shape index (κ1) is 13.3. The van der Waals surface area contributed by atoms with Gasteiger partial charge in [0.15, 0.2) is 0 Å². The highest BCUT2D eigenvalue weighted by Gasteiger charge is 2.17. The molecule has 1 aromatic rings. The summed E-state index contributed by atoms with van der Waals surface area (Å²) in [5, 5.41) is 0. The van der Waals surface area contributed by atoms with Crippen molar-refractivity contribution in [2.24, 2.45) is 0 Å². The lowest BCUT2D eigenvalue weighted by molar-refractivity contribution is -0.147. The molecule has 1 fully saturated rings. The molecular weight excluding hydrogens is 246 g/mol. The van der Waals surface area contributed by atoms with E-state index in [1.54, 1.807) is 0 Å². The molecule has 18 heavy (non-hydrogen) atoms. The van der Waals surface area contributed by atoms with Crippen LogP contribution in [-0.4, -0.2) is 17.8 Å². The maximum absolute atomic E-state index is 11.7. The highest BCUT2D eigenvalue weighted by atomic mass is 32.2. The Kier molecular flexibility index (Phi) is 4.93. The Morgan fingerprint density at radius 1 is 1.22 bits per heavy atom. The van der Waals surface area contributed by atoms with Crippen molar-refractivity contribution >= 4 is 23.4 Å². The van der Waals surface area contributed by atoms with E-state index >= 15 is 0 Å². The third kappa shape index (κ3) is 4.26. The summed E-state index contributed by atoms with van der Waals surface area (Å²) in [4.78, 5) is 12.7. The topological polar surface area (TPSA) is 52.3 Å². The van der Waals surface area contributed by atoms with E-state index in [9.17, 15) is 4.79 Å². The van der Waals surface area contributed by atoms with Crippen LogP contribution in [0.2, 0.25) is 0 Å². The summed E-state index contributed by atoms with van der Waals surface area (Å²) < 4.78 is 5.45.